The first-order chi connectivity index (χ1) is 33.3. The molecule has 14 heteroatoms. The number of carbonyl (C=O) groups is 2. The van der Waals surface area contributed by atoms with Crippen LogP contribution in [0.2, 0.25) is 0 Å². The van der Waals surface area contributed by atoms with Crippen LogP contribution in [0.15, 0.2) is 72.0 Å². The van der Waals surface area contributed by atoms with E-state index in [0.717, 1.165) is 85.7 Å². The van der Waals surface area contributed by atoms with Crippen LogP contribution in [-0.2, 0) is 49.8 Å². The van der Waals surface area contributed by atoms with E-state index in [2.05, 4.69) is 59.1 Å². The van der Waals surface area contributed by atoms with Crippen molar-refractivity contribution in [3.8, 4) is 34.5 Å². The molecular formula is C55H61N3O11. The molecule has 3 spiro atoms. The summed E-state index contributed by atoms with van der Waals surface area (Å²) in [6.45, 7) is 2.79. The lowest BCUT2D eigenvalue weighted by atomic mass is 9.49. The topological polar surface area (TPSA) is 149 Å². The lowest BCUT2D eigenvalue weighted by molar-refractivity contribution is -0.185. The van der Waals surface area contributed by atoms with Crippen LogP contribution in [-0.4, -0.2) is 153 Å². The van der Waals surface area contributed by atoms with Crippen LogP contribution in [0.25, 0.3) is 0 Å². The number of benzene rings is 3. The highest BCUT2D eigenvalue weighted by atomic mass is 16.6. The molecule has 4 fully saturated rings. The highest BCUT2D eigenvalue weighted by molar-refractivity contribution is 5.99. The maximum Gasteiger partial charge on any atom is 0.196 e. The summed E-state index contributed by atoms with van der Waals surface area (Å²) in [7, 11) is 13.0. The molecule has 0 radical (unpaired) electrons. The van der Waals surface area contributed by atoms with Gasteiger partial charge in [-0.3, -0.25) is 19.4 Å². The fourth-order valence-corrected chi connectivity index (χ4v) is 16.1. The number of allylic oxidation sites excluding steroid dienone is 2. The average Bonchev–Trinajstić information content (AvgIpc) is 4.03. The van der Waals surface area contributed by atoms with Crippen molar-refractivity contribution in [3.63, 3.8) is 0 Å². The summed E-state index contributed by atoms with van der Waals surface area (Å²) in [6, 6.07) is 12.7. The molecule has 69 heavy (non-hydrogen) atoms. The van der Waals surface area contributed by atoms with Gasteiger partial charge in [0.15, 0.2) is 64.4 Å². The number of piperidine rings is 3. The molecule has 6 aliphatic heterocycles. The number of likely N-dealkylation sites (tertiary alicyclic amines) is 3. The van der Waals surface area contributed by atoms with Crippen LogP contribution in [0, 0.1) is 0 Å². The van der Waals surface area contributed by atoms with E-state index in [1.165, 1.54) is 28.3 Å². The normalized spacial score (nSPS) is 37.9. The zero-order valence-corrected chi connectivity index (χ0v) is 40.4. The van der Waals surface area contributed by atoms with Gasteiger partial charge in [0.1, 0.15) is 11.4 Å². The van der Waals surface area contributed by atoms with E-state index in [0.29, 0.717) is 48.3 Å². The standard InChI is InChI=1S/C19H21NO3.C18H21NO4.C18H19NO4/c1-20-9-8-19-12-5-7-15(22-3)18(19)23-17-14(21-2)6-4-11(16(17)19)10-13(12)20;2*1-19-8-7-17-14-10-3-4-12(22-2)15(14)23-16(17)11(20)5-6-18(17,21)13(19)9-10/h4-7,13,18H,8-10H2,1-3H3;3-4,13,16,21H,5-9H2,1-2H3;3-6,13,16,21H,7-9H2,1-2H3/t13-,18?,19+;2*13-,16?,17+,18-/m111/s1. The van der Waals surface area contributed by atoms with Crippen molar-refractivity contribution in [2.75, 3.05) is 69.2 Å². The van der Waals surface area contributed by atoms with Crippen molar-refractivity contribution < 1.29 is 53.0 Å². The Morgan fingerprint density at radius 2 is 1.14 bits per heavy atom. The molecule has 1 saturated carbocycles. The SMILES string of the molecule is COC1=CC=C2[C@H]3Cc4ccc(OC)c5c4[C@@]2(CCN3C)C1O5.COc1ccc2c3c1OC1C(=O)C=C[C@@]4(O)[C@@H](C2)N(C)CC[C@]314.COc1ccc2c3c1OC1C(=O)CC[C@@]4(O)[C@@H](C2)N(C)CC[C@]314. The predicted molar refractivity (Wildman–Crippen MR) is 253 cm³/mol. The monoisotopic (exact) mass is 939 g/mol. The van der Waals surface area contributed by atoms with Gasteiger partial charge >= 0.3 is 0 Å². The number of aliphatic hydroxyl groups is 2. The Kier molecular flexibility index (Phi) is 9.23. The minimum Gasteiger partial charge on any atom is -0.497 e. The van der Waals surface area contributed by atoms with E-state index in [1.807, 2.05) is 25.2 Å². The first-order valence-electron chi connectivity index (χ1n) is 24.6. The summed E-state index contributed by atoms with van der Waals surface area (Å²) < 4.78 is 40.9. The molecule has 6 aliphatic carbocycles. The number of rotatable bonds is 4. The minimum atomic E-state index is -1.08. The van der Waals surface area contributed by atoms with Crippen LogP contribution in [0.3, 0.4) is 0 Å². The van der Waals surface area contributed by atoms with Gasteiger partial charge in [0.25, 0.3) is 0 Å². The lowest BCUT2D eigenvalue weighted by Gasteiger charge is -2.62. The molecule has 6 heterocycles. The van der Waals surface area contributed by atoms with E-state index >= 15 is 0 Å². The Morgan fingerprint density at radius 3 is 1.80 bits per heavy atom. The third-order valence-electron chi connectivity index (χ3n) is 19.2. The number of Topliss-reactive ketones (excluding diaryl/α,β-unsaturated/α-hetero) is 1. The number of nitrogens with zero attached hydrogens (tertiary/aromatic N) is 3. The van der Waals surface area contributed by atoms with Crippen LogP contribution in [0.5, 0.6) is 34.5 Å². The Labute approximate surface area is 402 Å². The minimum absolute atomic E-state index is 0.0430. The van der Waals surface area contributed by atoms with E-state index < -0.39 is 34.2 Å². The van der Waals surface area contributed by atoms with Crippen molar-refractivity contribution >= 4 is 11.6 Å². The van der Waals surface area contributed by atoms with Crippen LogP contribution in [0.4, 0.5) is 0 Å². The molecule has 3 aromatic rings. The lowest BCUT2D eigenvalue weighted by Crippen LogP contribution is -2.76. The number of methoxy groups -OCH3 is 4. The third-order valence-corrected chi connectivity index (χ3v) is 19.2. The Morgan fingerprint density at radius 1 is 0.594 bits per heavy atom. The van der Waals surface area contributed by atoms with Gasteiger partial charge < -0.3 is 48.3 Å². The smallest absolute Gasteiger partial charge is 0.196 e. The molecule has 3 unspecified atom stereocenters. The Balaban J connectivity index is 0.000000102. The van der Waals surface area contributed by atoms with Crippen molar-refractivity contribution in [1.82, 2.24) is 14.7 Å². The summed E-state index contributed by atoms with van der Waals surface area (Å²) in [6.07, 6.45) is 12.3. The number of ketones is 2. The van der Waals surface area contributed by atoms with Crippen molar-refractivity contribution in [3.05, 3.63) is 105 Å². The zero-order chi connectivity index (χ0) is 47.7. The molecule has 3 aromatic carbocycles. The molecule has 12 aliphatic rings. The van der Waals surface area contributed by atoms with E-state index in [4.69, 9.17) is 33.2 Å². The van der Waals surface area contributed by atoms with Gasteiger partial charge in [0, 0.05) is 41.2 Å². The largest absolute Gasteiger partial charge is 0.497 e. The van der Waals surface area contributed by atoms with Gasteiger partial charge in [0.05, 0.1) is 50.3 Å². The number of hydrogen-bond donors (Lipinski definition) is 2. The molecular weight excluding hydrogens is 879 g/mol. The quantitative estimate of drug-likeness (QED) is 0.383. The van der Waals surface area contributed by atoms with Gasteiger partial charge in [-0.05, 0) is 144 Å². The summed E-state index contributed by atoms with van der Waals surface area (Å²) >= 11 is 0. The fourth-order valence-electron chi connectivity index (χ4n) is 16.1. The summed E-state index contributed by atoms with van der Waals surface area (Å²) in [5, 5.41) is 23.4. The molecule has 6 bridgehead atoms. The fraction of sp³-hybridized carbons (Fsp3) is 0.527. The van der Waals surface area contributed by atoms with Crippen LogP contribution in [0.1, 0.15) is 65.5 Å². The zero-order valence-electron chi connectivity index (χ0n) is 40.4. The second kappa shape index (κ2) is 14.6. The van der Waals surface area contributed by atoms with Gasteiger partial charge in [-0.25, -0.2) is 0 Å². The average molecular weight is 940 g/mol. The molecule has 0 aromatic heterocycles. The second-order valence-electron chi connectivity index (χ2n) is 21.5. The summed E-state index contributed by atoms with van der Waals surface area (Å²) in [5.41, 5.74) is 5.27. The second-order valence-corrected chi connectivity index (χ2v) is 21.5. The highest BCUT2D eigenvalue weighted by Gasteiger charge is 2.74. The third kappa shape index (κ3) is 5.09. The van der Waals surface area contributed by atoms with Gasteiger partial charge in [0.2, 0.25) is 0 Å². The highest BCUT2D eigenvalue weighted by Crippen LogP contribution is 2.67. The molecule has 3 saturated heterocycles. The van der Waals surface area contributed by atoms with Gasteiger partial charge in [-0.15, -0.1) is 0 Å². The van der Waals surface area contributed by atoms with E-state index in [9.17, 15) is 19.8 Å². The number of ether oxygens (including phenoxy) is 7. The molecule has 11 atom stereocenters. The summed E-state index contributed by atoms with van der Waals surface area (Å²) in [5.74, 6) is 5.37. The van der Waals surface area contributed by atoms with Crippen molar-refractivity contribution in [2.45, 2.75) is 115 Å². The van der Waals surface area contributed by atoms with Gasteiger partial charge in [-0.1, -0.05) is 24.3 Å². The van der Waals surface area contributed by atoms with Crippen molar-refractivity contribution in [1.29, 1.82) is 0 Å². The van der Waals surface area contributed by atoms with Crippen LogP contribution < -0.4 is 28.4 Å². The Hall–Kier alpha value is -5.38. The van der Waals surface area contributed by atoms with Crippen molar-refractivity contribution in [2.24, 2.45) is 0 Å². The maximum absolute atomic E-state index is 12.7. The first kappa shape index (κ1) is 43.6. The number of hydrogen-bond acceptors (Lipinski definition) is 14. The number of likely N-dealkylation sites (N-methyl/N-ethyl adjacent to an activating group) is 3. The van der Waals surface area contributed by atoms with E-state index in [-0.39, 0.29) is 35.2 Å². The summed E-state index contributed by atoms with van der Waals surface area (Å²) in [4.78, 5) is 32.2. The number of carbonyl (C=O) groups excluding carboxylic acids is 2. The molecule has 14 nitrogen and oxygen atoms in total. The molecule has 2 N–H and O–H groups in total. The van der Waals surface area contributed by atoms with E-state index in [1.54, 1.807) is 34.5 Å². The van der Waals surface area contributed by atoms with Gasteiger partial charge in [-0.2, -0.15) is 0 Å². The maximum atomic E-state index is 12.7. The molecule has 15 rings (SSSR count). The Bertz CT molecular complexity index is 2860. The molecule has 0 amide bonds. The molecule has 362 valence electrons. The van der Waals surface area contributed by atoms with Crippen LogP contribution >= 0.6 is 0 Å². The first-order valence-corrected chi connectivity index (χ1v) is 24.6. The predicted octanol–water partition coefficient (Wildman–Crippen LogP) is 4.30.